The molecule has 0 unspecified atom stereocenters. The maximum Gasteiger partial charge on any atom is 0.488 e. The minimum absolute atomic E-state index is 0.410. The summed E-state index contributed by atoms with van der Waals surface area (Å²) in [7, 11) is -1.43. The van der Waals surface area contributed by atoms with Crippen molar-refractivity contribution in [3.8, 4) is 0 Å². The van der Waals surface area contributed by atoms with Gasteiger partial charge in [0, 0.05) is 31.6 Å². The van der Waals surface area contributed by atoms with Gasteiger partial charge in [0.15, 0.2) is 22.6 Å². The van der Waals surface area contributed by atoms with Gasteiger partial charge in [-0.25, -0.2) is 9.97 Å². The third-order valence-electron chi connectivity index (χ3n) is 4.55. The lowest BCUT2D eigenvalue weighted by Gasteiger charge is -1.99. The van der Waals surface area contributed by atoms with Gasteiger partial charge < -0.3 is 10.0 Å². The Bertz CT molecular complexity index is 1300. The summed E-state index contributed by atoms with van der Waals surface area (Å²) in [5.74, 6) is 0. The first-order valence-electron chi connectivity index (χ1n) is 10.4. The van der Waals surface area contributed by atoms with Crippen LogP contribution in [0.3, 0.4) is 0 Å². The summed E-state index contributed by atoms with van der Waals surface area (Å²) in [6.45, 7) is 3.94. The van der Waals surface area contributed by atoms with Crippen molar-refractivity contribution in [2.75, 3.05) is 0 Å². The molecule has 2 aromatic heterocycles. The Morgan fingerprint density at radius 3 is 1.83 bits per heavy atom. The van der Waals surface area contributed by atoms with Crippen molar-refractivity contribution in [1.82, 2.24) is 9.97 Å². The van der Waals surface area contributed by atoms with Crippen LogP contribution in [-0.4, -0.2) is 39.7 Å². The number of aldehydes is 2. The molecule has 0 saturated carbocycles. The second-order valence-corrected chi connectivity index (χ2v) is 11.1. The highest BCUT2D eigenvalue weighted by atomic mass is 79.9. The highest BCUT2D eigenvalue weighted by molar-refractivity contribution is 9.08. The van der Waals surface area contributed by atoms with Crippen molar-refractivity contribution in [1.29, 1.82) is 0 Å². The molecule has 188 valence electrons. The Labute approximate surface area is 236 Å². The van der Waals surface area contributed by atoms with Crippen LogP contribution in [0.15, 0.2) is 48.5 Å². The number of aryl methyl sites for hydroxylation is 2. The topological polar surface area (TPSA) is 100 Å². The number of hydrogen-bond donors (Lipinski definition) is 2. The standard InChI is InChI=1S/C12H10ClNOS.C6H6BClO2.C6H6BrNOS/c1-8-11(14-12(7-15)16-8)6-9-3-2-4-10(13)5-9;8-6-3-1-2-5(4-6)7(9)10;1-4-5(2-7)8-6(3-9)10-4/h2-5,7H,6H2,1H3;1-4,9-10H;3H,2H2,1H3. The van der Waals surface area contributed by atoms with E-state index in [1.54, 1.807) is 18.2 Å². The first-order chi connectivity index (χ1) is 17.2. The number of carbonyl (C=O) groups excluding carboxylic acids is 2. The Balaban J connectivity index is 0.000000200. The lowest BCUT2D eigenvalue weighted by atomic mass is 9.81. The molecule has 2 aromatic carbocycles. The maximum atomic E-state index is 10.6. The molecule has 0 aliphatic carbocycles. The fraction of sp³-hybridized carbons (Fsp3) is 0.167. The molecule has 2 heterocycles. The number of nitrogens with zero attached hydrogens (tertiary/aromatic N) is 2. The predicted octanol–water partition coefficient (Wildman–Crippen LogP) is 5.69. The van der Waals surface area contributed by atoms with Gasteiger partial charge in [-0.1, -0.05) is 63.4 Å². The van der Waals surface area contributed by atoms with Gasteiger partial charge in [-0.2, -0.15) is 0 Å². The minimum atomic E-state index is -1.43. The summed E-state index contributed by atoms with van der Waals surface area (Å²) in [5.41, 5.74) is 3.44. The highest BCUT2D eigenvalue weighted by Crippen LogP contribution is 2.21. The molecule has 36 heavy (non-hydrogen) atoms. The van der Waals surface area contributed by atoms with E-state index in [4.69, 9.17) is 33.2 Å². The number of benzene rings is 2. The quantitative estimate of drug-likeness (QED) is 0.162. The molecule has 4 aromatic rings. The van der Waals surface area contributed by atoms with E-state index in [0.717, 1.165) is 56.1 Å². The normalized spacial score (nSPS) is 9.97. The molecule has 0 aliphatic heterocycles. The van der Waals surface area contributed by atoms with Crippen molar-refractivity contribution >= 4 is 87.0 Å². The molecule has 0 spiro atoms. The maximum absolute atomic E-state index is 10.6. The molecule has 4 rings (SSSR count). The van der Waals surface area contributed by atoms with Crippen molar-refractivity contribution in [2.24, 2.45) is 0 Å². The van der Waals surface area contributed by atoms with Gasteiger partial charge in [0.05, 0.1) is 11.4 Å². The van der Waals surface area contributed by atoms with Crippen molar-refractivity contribution in [3.05, 3.63) is 95.3 Å². The molecule has 0 atom stereocenters. The summed E-state index contributed by atoms with van der Waals surface area (Å²) in [4.78, 5) is 31.3. The summed E-state index contributed by atoms with van der Waals surface area (Å²) >= 11 is 17.6. The van der Waals surface area contributed by atoms with Gasteiger partial charge in [0.2, 0.25) is 0 Å². The van der Waals surface area contributed by atoms with Crippen LogP contribution in [0.2, 0.25) is 10.0 Å². The molecule has 0 aliphatic rings. The number of thiazole rings is 2. The fourth-order valence-corrected chi connectivity index (χ4v) is 5.45. The van der Waals surface area contributed by atoms with Gasteiger partial charge in [-0.05, 0) is 49.1 Å². The summed E-state index contributed by atoms with van der Waals surface area (Å²) < 4.78 is 0. The molecule has 0 bridgehead atoms. The van der Waals surface area contributed by atoms with E-state index in [-0.39, 0.29) is 0 Å². The van der Waals surface area contributed by atoms with Crippen LogP contribution in [0.5, 0.6) is 0 Å². The van der Waals surface area contributed by atoms with E-state index >= 15 is 0 Å². The molecule has 0 saturated heterocycles. The predicted molar refractivity (Wildman–Crippen MR) is 153 cm³/mol. The number of hydrogen-bond acceptors (Lipinski definition) is 8. The molecular formula is C24H22BBrCl2N2O4S2. The first kappa shape index (κ1) is 30.3. The lowest BCUT2D eigenvalue weighted by Crippen LogP contribution is -2.29. The molecule has 12 heteroatoms. The van der Waals surface area contributed by atoms with E-state index in [2.05, 4.69) is 25.9 Å². The molecule has 6 nitrogen and oxygen atoms in total. The Morgan fingerprint density at radius 1 is 0.889 bits per heavy atom. The van der Waals surface area contributed by atoms with E-state index in [1.807, 2.05) is 38.1 Å². The van der Waals surface area contributed by atoms with Crippen LogP contribution in [0, 0.1) is 13.8 Å². The largest absolute Gasteiger partial charge is 0.488 e. The first-order valence-corrected chi connectivity index (χ1v) is 13.9. The van der Waals surface area contributed by atoms with Gasteiger partial charge in [0.1, 0.15) is 0 Å². The summed E-state index contributed by atoms with van der Waals surface area (Å²) in [6, 6.07) is 14.1. The SMILES string of the molecule is Cc1sc(C=O)nc1CBr.Cc1sc(C=O)nc1Cc1cccc(Cl)c1.OB(O)c1cccc(Cl)c1. The average Bonchev–Trinajstić information content (AvgIpc) is 3.41. The number of aromatic nitrogens is 2. The van der Waals surface area contributed by atoms with Crippen LogP contribution in [0.1, 0.15) is 46.3 Å². The zero-order chi connectivity index (χ0) is 26.7. The molecular weight excluding hydrogens is 606 g/mol. The minimum Gasteiger partial charge on any atom is -0.423 e. The van der Waals surface area contributed by atoms with Crippen molar-refractivity contribution in [3.63, 3.8) is 0 Å². The summed E-state index contributed by atoms with van der Waals surface area (Å²) in [5, 5.41) is 20.3. The van der Waals surface area contributed by atoms with Crippen LogP contribution in [-0.2, 0) is 11.8 Å². The third-order valence-corrected chi connectivity index (χ3v) is 7.43. The van der Waals surface area contributed by atoms with E-state index in [1.165, 1.54) is 28.7 Å². The lowest BCUT2D eigenvalue weighted by molar-refractivity contribution is 0.111. The van der Waals surface area contributed by atoms with Crippen LogP contribution in [0.4, 0.5) is 0 Å². The van der Waals surface area contributed by atoms with Gasteiger partial charge in [0.25, 0.3) is 0 Å². The van der Waals surface area contributed by atoms with E-state index < -0.39 is 7.12 Å². The van der Waals surface area contributed by atoms with Crippen LogP contribution in [0.25, 0.3) is 0 Å². The van der Waals surface area contributed by atoms with Gasteiger partial charge >= 0.3 is 7.12 Å². The number of halogens is 3. The highest BCUT2D eigenvalue weighted by Gasteiger charge is 2.10. The molecule has 0 amide bonds. The van der Waals surface area contributed by atoms with Gasteiger partial charge in [-0.3, -0.25) is 9.59 Å². The van der Waals surface area contributed by atoms with E-state index in [9.17, 15) is 9.59 Å². The average molecular weight is 628 g/mol. The van der Waals surface area contributed by atoms with Gasteiger partial charge in [-0.15, -0.1) is 22.7 Å². The molecule has 0 radical (unpaired) electrons. The number of carbonyl (C=O) groups is 2. The number of rotatable bonds is 6. The smallest absolute Gasteiger partial charge is 0.423 e. The summed E-state index contributed by atoms with van der Waals surface area (Å²) in [6.07, 6.45) is 2.29. The molecule has 0 fully saturated rings. The third kappa shape index (κ3) is 9.86. The van der Waals surface area contributed by atoms with Crippen LogP contribution >= 0.6 is 61.8 Å². The van der Waals surface area contributed by atoms with Crippen molar-refractivity contribution in [2.45, 2.75) is 25.6 Å². The second-order valence-electron chi connectivity index (χ2n) is 7.21. The Hall–Kier alpha value is -1.92. The monoisotopic (exact) mass is 626 g/mol. The fourth-order valence-electron chi connectivity index (χ4n) is 2.80. The number of alkyl halides is 1. The zero-order valence-corrected chi connectivity index (χ0v) is 24.1. The molecule has 2 N–H and O–H groups in total. The van der Waals surface area contributed by atoms with Crippen LogP contribution < -0.4 is 5.46 Å². The Kier molecular flexibility index (Phi) is 12.9. The van der Waals surface area contributed by atoms with Crippen molar-refractivity contribution < 1.29 is 19.6 Å². The second kappa shape index (κ2) is 15.4. The Morgan fingerprint density at radius 2 is 1.42 bits per heavy atom. The van der Waals surface area contributed by atoms with E-state index in [0.29, 0.717) is 20.5 Å². The zero-order valence-electron chi connectivity index (χ0n) is 19.3.